The highest BCUT2D eigenvalue weighted by atomic mass is 16.5. The smallest absolute Gasteiger partial charge is 0.123 e. The predicted molar refractivity (Wildman–Crippen MR) is 85.8 cm³/mol. The van der Waals surface area contributed by atoms with E-state index in [1.165, 1.54) is 5.69 Å². The number of hydrogen-bond donors (Lipinski definition) is 0. The molecule has 0 aromatic carbocycles. The van der Waals surface area contributed by atoms with Crippen LogP contribution in [-0.2, 0) is 13.6 Å². The van der Waals surface area contributed by atoms with Gasteiger partial charge in [0.25, 0.3) is 0 Å². The number of likely N-dealkylation sites (tertiary alicyclic amines) is 1. The van der Waals surface area contributed by atoms with E-state index in [1.54, 1.807) is 12.4 Å². The largest absolute Gasteiger partial charge is 0.490 e. The van der Waals surface area contributed by atoms with Crippen LogP contribution >= 0.6 is 0 Å². The van der Waals surface area contributed by atoms with Crippen LogP contribution in [0.2, 0.25) is 0 Å². The van der Waals surface area contributed by atoms with Gasteiger partial charge in [-0.1, -0.05) is 0 Å². The summed E-state index contributed by atoms with van der Waals surface area (Å²) in [7, 11) is 2.10. The molecule has 1 aliphatic rings. The molecule has 2 aromatic rings. The molecule has 5 nitrogen and oxygen atoms in total. The minimum absolute atomic E-state index is 0.309. The van der Waals surface area contributed by atoms with E-state index in [2.05, 4.69) is 40.3 Å². The molecule has 0 radical (unpaired) electrons. The Bertz CT molecular complexity index is 615. The molecule has 3 rings (SSSR count). The molecule has 0 aliphatic carbocycles. The summed E-state index contributed by atoms with van der Waals surface area (Å²) in [4.78, 5) is 11.2. The summed E-state index contributed by atoms with van der Waals surface area (Å²) < 4.78 is 8.22. The first-order chi connectivity index (χ1) is 10.6. The fraction of sp³-hybridized carbons (Fsp3) is 0.529. The molecule has 118 valence electrons. The highest BCUT2D eigenvalue weighted by Gasteiger charge is 2.22. The first kappa shape index (κ1) is 15.0. The van der Waals surface area contributed by atoms with Gasteiger partial charge in [0.15, 0.2) is 0 Å². The zero-order chi connectivity index (χ0) is 15.5. The van der Waals surface area contributed by atoms with Crippen LogP contribution in [0.4, 0.5) is 0 Å². The SMILES string of the molecule is Cc1nc(CN2CCC(Oc3ccncc3)CC2)n(C)c1C. The summed E-state index contributed by atoms with van der Waals surface area (Å²) in [6.07, 6.45) is 5.98. The molecule has 1 fully saturated rings. The lowest BCUT2D eigenvalue weighted by molar-refractivity contribution is 0.0948. The maximum absolute atomic E-state index is 6.01. The zero-order valence-corrected chi connectivity index (χ0v) is 13.6. The molecule has 0 atom stereocenters. The summed E-state index contributed by atoms with van der Waals surface area (Å²) >= 11 is 0. The number of nitrogens with zero attached hydrogens (tertiary/aromatic N) is 4. The van der Waals surface area contributed by atoms with E-state index in [0.29, 0.717) is 6.10 Å². The number of ether oxygens (including phenoxy) is 1. The van der Waals surface area contributed by atoms with Gasteiger partial charge in [0.05, 0.1) is 12.2 Å². The number of piperidine rings is 1. The summed E-state index contributed by atoms with van der Waals surface area (Å²) in [5.41, 5.74) is 2.39. The Morgan fingerprint density at radius 3 is 2.45 bits per heavy atom. The number of aryl methyl sites for hydroxylation is 1. The molecule has 0 unspecified atom stereocenters. The van der Waals surface area contributed by atoms with Crippen molar-refractivity contribution in [1.29, 1.82) is 0 Å². The van der Waals surface area contributed by atoms with Gasteiger partial charge in [-0.3, -0.25) is 9.88 Å². The van der Waals surface area contributed by atoms with Gasteiger partial charge in [0.2, 0.25) is 0 Å². The van der Waals surface area contributed by atoms with Crippen LogP contribution in [0.1, 0.15) is 30.1 Å². The Hall–Kier alpha value is -1.88. The van der Waals surface area contributed by atoms with Gasteiger partial charge < -0.3 is 9.30 Å². The van der Waals surface area contributed by atoms with Crippen molar-refractivity contribution in [2.75, 3.05) is 13.1 Å². The molecular formula is C17H24N4O. The first-order valence-corrected chi connectivity index (χ1v) is 7.91. The molecule has 0 spiro atoms. The number of imidazole rings is 1. The number of pyridine rings is 1. The van der Waals surface area contributed by atoms with E-state index in [4.69, 9.17) is 4.74 Å². The lowest BCUT2D eigenvalue weighted by Crippen LogP contribution is -2.38. The minimum atomic E-state index is 0.309. The molecule has 0 N–H and O–H groups in total. The maximum atomic E-state index is 6.01. The Morgan fingerprint density at radius 2 is 1.86 bits per heavy atom. The summed E-state index contributed by atoms with van der Waals surface area (Å²) in [5.74, 6) is 2.08. The zero-order valence-electron chi connectivity index (χ0n) is 13.6. The monoisotopic (exact) mass is 300 g/mol. The van der Waals surface area contributed by atoms with E-state index in [-0.39, 0.29) is 0 Å². The van der Waals surface area contributed by atoms with Gasteiger partial charge in [-0.2, -0.15) is 0 Å². The van der Waals surface area contributed by atoms with Crippen LogP contribution in [-0.4, -0.2) is 38.6 Å². The van der Waals surface area contributed by atoms with Gasteiger partial charge in [-0.05, 0) is 38.8 Å². The third-order valence-electron chi connectivity index (χ3n) is 4.56. The van der Waals surface area contributed by atoms with Crippen LogP contribution in [0.25, 0.3) is 0 Å². The van der Waals surface area contributed by atoms with Crippen LogP contribution in [0.5, 0.6) is 5.75 Å². The molecule has 0 saturated carbocycles. The summed E-state index contributed by atoms with van der Waals surface area (Å²) in [6, 6.07) is 3.84. The van der Waals surface area contributed by atoms with Gasteiger partial charge in [0.1, 0.15) is 17.7 Å². The van der Waals surface area contributed by atoms with Gasteiger partial charge in [-0.25, -0.2) is 4.98 Å². The predicted octanol–water partition coefficient (Wildman–Crippen LogP) is 2.48. The molecule has 1 aliphatic heterocycles. The summed E-state index contributed by atoms with van der Waals surface area (Å²) in [5, 5.41) is 0. The van der Waals surface area contributed by atoms with Crippen molar-refractivity contribution in [2.45, 2.75) is 39.3 Å². The summed E-state index contributed by atoms with van der Waals surface area (Å²) in [6.45, 7) is 7.24. The van der Waals surface area contributed by atoms with Gasteiger partial charge in [0, 0.05) is 38.2 Å². The van der Waals surface area contributed by atoms with Crippen molar-refractivity contribution in [3.63, 3.8) is 0 Å². The quantitative estimate of drug-likeness (QED) is 0.870. The fourth-order valence-electron chi connectivity index (χ4n) is 2.92. The molecule has 0 bridgehead atoms. The highest BCUT2D eigenvalue weighted by molar-refractivity contribution is 5.17. The Balaban J connectivity index is 1.52. The van der Waals surface area contributed by atoms with Crippen molar-refractivity contribution in [1.82, 2.24) is 19.4 Å². The molecule has 22 heavy (non-hydrogen) atoms. The number of aromatic nitrogens is 3. The second-order valence-corrected chi connectivity index (χ2v) is 6.03. The second kappa shape index (κ2) is 6.48. The molecule has 5 heteroatoms. The van der Waals surface area contributed by atoms with Crippen LogP contribution in [0, 0.1) is 13.8 Å². The third-order valence-corrected chi connectivity index (χ3v) is 4.56. The van der Waals surface area contributed by atoms with Crippen molar-refractivity contribution in [3.05, 3.63) is 41.7 Å². The van der Waals surface area contributed by atoms with E-state index in [1.807, 2.05) is 12.1 Å². The molecular weight excluding hydrogens is 276 g/mol. The molecule has 0 amide bonds. The maximum Gasteiger partial charge on any atom is 0.123 e. The fourth-order valence-corrected chi connectivity index (χ4v) is 2.92. The van der Waals surface area contributed by atoms with Crippen molar-refractivity contribution in [3.8, 4) is 5.75 Å². The standard InChI is InChI=1S/C17H24N4O/c1-13-14(2)20(3)17(19-13)12-21-10-6-16(7-11-21)22-15-4-8-18-9-5-15/h4-5,8-9,16H,6-7,10-12H2,1-3H3. The third kappa shape index (κ3) is 3.30. The normalized spacial score (nSPS) is 16.9. The lowest BCUT2D eigenvalue weighted by Gasteiger charge is -2.31. The minimum Gasteiger partial charge on any atom is -0.490 e. The van der Waals surface area contributed by atoms with Crippen molar-refractivity contribution in [2.24, 2.45) is 7.05 Å². The van der Waals surface area contributed by atoms with E-state index >= 15 is 0 Å². The van der Waals surface area contributed by atoms with Crippen LogP contribution in [0.15, 0.2) is 24.5 Å². The van der Waals surface area contributed by atoms with E-state index < -0.39 is 0 Å². The molecule has 3 heterocycles. The Morgan fingerprint density at radius 1 is 1.18 bits per heavy atom. The van der Waals surface area contributed by atoms with Crippen molar-refractivity contribution < 1.29 is 4.74 Å². The Kier molecular flexibility index (Phi) is 4.43. The lowest BCUT2D eigenvalue weighted by atomic mass is 10.1. The topological polar surface area (TPSA) is 43.2 Å². The average molecular weight is 300 g/mol. The highest BCUT2D eigenvalue weighted by Crippen LogP contribution is 2.19. The number of hydrogen-bond acceptors (Lipinski definition) is 4. The molecule has 2 aromatic heterocycles. The van der Waals surface area contributed by atoms with Gasteiger partial charge in [-0.15, -0.1) is 0 Å². The van der Waals surface area contributed by atoms with E-state index in [9.17, 15) is 0 Å². The second-order valence-electron chi connectivity index (χ2n) is 6.03. The first-order valence-electron chi connectivity index (χ1n) is 7.91. The van der Waals surface area contributed by atoms with Crippen LogP contribution in [0.3, 0.4) is 0 Å². The van der Waals surface area contributed by atoms with Crippen LogP contribution < -0.4 is 4.74 Å². The number of rotatable bonds is 4. The van der Waals surface area contributed by atoms with E-state index in [0.717, 1.165) is 49.7 Å². The average Bonchev–Trinajstić information content (AvgIpc) is 2.77. The molecule has 1 saturated heterocycles. The Labute approximate surface area is 131 Å². The van der Waals surface area contributed by atoms with Gasteiger partial charge >= 0.3 is 0 Å². The van der Waals surface area contributed by atoms with Crippen molar-refractivity contribution >= 4 is 0 Å².